The van der Waals surface area contributed by atoms with Gasteiger partial charge < -0.3 is 25.2 Å². The van der Waals surface area contributed by atoms with Crippen LogP contribution >= 0.6 is 7.82 Å². The smallest absolute Gasteiger partial charge is 0.472 e. The summed E-state index contributed by atoms with van der Waals surface area (Å²) in [6.07, 6.45) is 55.5. The number of nitrogens with two attached hydrogens (primary N) is 1. The van der Waals surface area contributed by atoms with Gasteiger partial charge in [-0.25, -0.2) is 4.57 Å². The van der Waals surface area contributed by atoms with Gasteiger partial charge in [0.1, 0.15) is 12.1 Å². The molecule has 0 aliphatic carbocycles. The van der Waals surface area contributed by atoms with E-state index >= 15 is 0 Å². The summed E-state index contributed by atoms with van der Waals surface area (Å²) in [6.45, 7) is 3.43. The second-order valence-corrected chi connectivity index (χ2v) is 14.4. The predicted octanol–water partition coefficient (Wildman–Crippen LogP) is 11.3. The van der Waals surface area contributed by atoms with Crippen molar-refractivity contribution < 1.29 is 42.7 Å². The molecule has 57 heavy (non-hydrogen) atoms. The lowest BCUT2D eigenvalue weighted by Crippen LogP contribution is -2.34. The third-order valence-corrected chi connectivity index (χ3v) is 8.69. The van der Waals surface area contributed by atoms with Gasteiger partial charge in [0, 0.05) is 13.0 Å². The number of phosphoric acid groups is 1. The van der Waals surface area contributed by atoms with E-state index in [0.29, 0.717) is 19.4 Å². The van der Waals surface area contributed by atoms with Gasteiger partial charge in [-0.3, -0.25) is 18.6 Å². The van der Waals surface area contributed by atoms with Crippen LogP contribution in [0.1, 0.15) is 117 Å². The molecule has 0 aliphatic heterocycles. The first-order valence-corrected chi connectivity index (χ1v) is 22.1. The fourth-order valence-corrected chi connectivity index (χ4v) is 5.38. The predicted molar refractivity (Wildman–Crippen MR) is 235 cm³/mol. The molecule has 3 atom stereocenters. The molecule has 10 nitrogen and oxygen atoms in total. The van der Waals surface area contributed by atoms with Crippen LogP contribution in [0.5, 0.6) is 0 Å². The summed E-state index contributed by atoms with van der Waals surface area (Å²) in [6, 6.07) is -1.50. The van der Waals surface area contributed by atoms with Crippen molar-refractivity contribution in [1.82, 2.24) is 0 Å². The first-order valence-electron chi connectivity index (χ1n) is 20.6. The van der Waals surface area contributed by atoms with E-state index in [1.807, 2.05) is 6.08 Å². The van der Waals surface area contributed by atoms with E-state index in [2.05, 4.69) is 134 Å². The lowest BCUT2D eigenvalue weighted by molar-refractivity contribution is -0.154. The molecule has 0 aliphatic rings. The number of rotatable bonds is 37. The number of allylic oxidation sites excluding steroid dienone is 20. The van der Waals surface area contributed by atoms with E-state index in [1.165, 1.54) is 0 Å². The molecule has 0 amide bonds. The average Bonchev–Trinajstić information content (AvgIpc) is 3.19. The maximum Gasteiger partial charge on any atom is 0.472 e. The number of unbranched alkanes of at least 4 members (excludes halogenated alkanes) is 3. The Morgan fingerprint density at radius 1 is 0.561 bits per heavy atom. The third-order valence-electron chi connectivity index (χ3n) is 7.74. The Bertz CT molecular complexity index is 1360. The van der Waals surface area contributed by atoms with Gasteiger partial charge in [0.2, 0.25) is 0 Å². The van der Waals surface area contributed by atoms with Gasteiger partial charge in [-0.2, -0.15) is 0 Å². The molecule has 0 aromatic carbocycles. The molecule has 0 aromatic heterocycles. The van der Waals surface area contributed by atoms with Gasteiger partial charge in [0.15, 0.2) is 0 Å². The number of carbonyl (C=O) groups excluding carboxylic acids is 1. The quantitative estimate of drug-likeness (QED) is 0.0239. The molecule has 0 saturated carbocycles. The minimum atomic E-state index is -4.65. The lowest BCUT2D eigenvalue weighted by Gasteiger charge is -2.20. The van der Waals surface area contributed by atoms with Crippen molar-refractivity contribution in [2.75, 3.05) is 26.4 Å². The van der Waals surface area contributed by atoms with Crippen molar-refractivity contribution in [1.29, 1.82) is 0 Å². The van der Waals surface area contributed by atoms with E-state index in [1.54, 1.807) is 0 Å². The monoisotopic (exact) mass is 813 g/mol. The number of phosphoric ester groups is 1. The Balaban J connectivity index is 4.49. The summed E-state index contributed by atoms with van der Waals surface area (Å²) >= 11 is 0. The van der Waals surface area contributed by atoms with Gasteiger partial charge in [0.25, 0.3) is 0 Å². The maximum absolute atomic E-state index is 12.6. The second kappa shape index (κ2) is 40.6. The number of esters is 1. The van der Waals surface area contributed by atoms with Crippen LogP contribution in [-0.4, -0.2) is 60.5 Å². The fraction of sp³-hybridized carbons (Fsp3) is 0.522. The molecule has 0 spiro atoms. The van der Waals surface area contributed by atoms with E-state index < -0.39 is 45.1 Å². The van der Waals surface area contributed by atoms with Crippen molar-refractivity contribution in [2.24, 2.45) is 5.73 Å². The van der Waals surface area contributed by atoms with Crippen molar-refractivity contribution in [3.05, 3.63) is 122 Å². The van der Waals surface area contributed by atoms with E-state index in [0.717, 1.165) is 83.5 Å². The van der Waals surface area contributed by atoms with Gasteiger partial charge in [0.05, 0.1) is 19.8 Å². The first kappa shape index (κ1) is 53.4. The Morgan fingerprint density at radius 2 is 0.947 bits per heavy atom. The summed E-state index contributed by atoms with van der Waals surface area (Å²) in [5, 5.41) is 8.89. The molecule has 0 aromatic rings. The molecular formula is C46H72NO9P. The Labute approximate surface area is 344 Å². The molecule has 0 radical (unpaired) electrons. The summed E-state index contributed by atoms with van der Waals surface area (Å²) in [5.41, 5.74) is 5.34. The Hall–Kier alpha value is -3.63. The molecule has 320 valence electrons. The average molecular weight is 814 g/mol. The van der Waals surface area contributed by atoms with Crippen LogP contribution in [0.15, 0.2) is 122 Å². The summed E-state index contributed by atoms with van der Waals surface area (Å²) in [4.78, 5) is 33.5. The molecule has 0 fully saturated rings. The van der Waals surface area contributed by atoms with Crippen molar-refractivity contribution in [2.45, 2.75) is 129 Å². The Morgan fingerprint density at radius 3 is 1.37 bits per heavy atom. The SMILES string of the molecule is CC/C=C\C/C=C\C/C=C\C/C=C\C/C=C\CCCCOCC(COP(=O)(O)OCC(N)C(=O)O)OC(=O)CCC/C=C\C/C=C\C/C=C\C/C=C\C/C=C\CC. The third kappa shape index (κ3) is 40.4. The van der Waals surface area contributed by atoms with Gasteiger partial charge in [-0.15, -0.1) is 0 Å². The summed E-state index contributed by atoms with van der Waals surface area (Å²) in [7, 11) is -4.65. The standard InChI is InChI=1S/C46H72NO9P/c1-3-5-7-9-11-13-15-17-19-21-23-25-27-29-31-33-35-37-39-53-40-43(41-54-57(51,52)55-42-44(47)46(49)50)56-45(48)38-36-34-32-30-28-26-24-22-20-18-16-14-12-10-8-6-4-2/h5-8,11-14,17-20,23-26,29-32,43-44H,3-4,9-10,15-16,21-22,27-28,33-42,47H2,1-2H3,(H,49,50)(H,51,52)/b7-5-,8-6-,13-11-,14-12-,19-17-,20-18-,25-23-,26-24-,31-29-,32-30-. The molecule has 0 heterocycles. The highest BCUT2D eigenvalue weighted by Crippen LogP contribution is 2.43. The zero-order chi connectivity index (χ0) is 41.9. The minimum Gasteiger partial charge on any atom is -0.480 e. The number of carbonyl (C=O) groups is 2. The molecule has 0 rings (SSSR count). The molecule has 3 unspecified atom stereocenters. The number of hydrogen-bond acceptors (Lipinski definition) is 8. The van der Waals surface area contributed by atoms with Crippen LogP contribution < -0.4 is 5.73 Å². The lowest BCUT2D eigenvalue weighted by atomic mass is 10.2. The van der Waals surface area contributed by atoms with Gasteiger partial charge in [-0.1, -0.05) is 135 Å². The van der Waals surface area contributed by atoms with Gasteiger partial charge >= 0.3 is 19.8 Å². The van der Waals surface area contributed by atoms with Crippen LogP contribution in [0.25, 0.3) is 0 Å². The topological polar surface area (TPSA) is 155 Å². The van der Waals surface area contributed by atoms with E-state index in [-0.39, 0.29) is 13.0 Å². The number of carboxylic acid groups (broad SMARTS) is 1. The van der Waals surface area contributed by atoms with Crippen molar-refractivity contribution >= 4 is 19.8 Å². The highest BCUT2D eigenvalue weighted by atomic mass is 31.2. The normalized spacial score (nSPS) is 15.2. The largest absolute Gasteiger partial charge is 0.480 e. The highest BCUT2D eigenvalue weighted by molar-refractivity contribution is 7.47. The second-order valence-electron chi connectivity index (χ2n) is 13.0. The summed E-state index contributed by atoms with van der Waals surface area (Å²) in [5.74, 6) is -1.87. The molecule has 0 bridgehead atoms. The van der Waals surface area contributed by atoms with Crippen LogP contribution in [0.4, 0.5) is 0 Å². The number of carboxylic acids is 1. The van der Waals surface area contributed by atoms with Crippen LogP contribution in [0, 0.1) is 0 Å². The van der Waals surface area contributed by atoms with E-state index in [4.69, 9.17) is 24.8 Å². The van der Waals surface area contributed by atoms with Crippen molar-refractivity contribution in [3.8, 4) is 0 Å². The Kier molecular flexibility index (Phi) is 38.0. The number of ether oxygens (including phenoxy) is 2. The minimum absolute atomic E-state index is 0.0448. The zero-order valence-electron chi connectivity index (χ0n) is 34.6. The molecular weight excluding hydrogens is 741 g/mol. The number of hydrogen-bond donors (Lipinski definition) is 3. The maximum atomic E-state index is 12.6. The summed E-state index contributed by atoms with van der Waals surface area (Å²) < 4.78 is 33.2. The van der Waals surface area contributed by atoms with Crippen molar-refractivity contribution in [3.63, 3.8) is 0 Å². The van der Waals surface area contributed by atoms with E-state index in [9.17, 15) is 19.0 Å². The molecule has 4 N–H and O–H groups in total. The highest BCUT2D eigenvalue weighted by Gasteiger charge is 2.27. The fourth-order valence-electron chi connectivity index (χ4n) is 4.60. The zero-order valence-corrected chi connectivity index (χ0v) is 35.5. The molecule has 0 saturated heterocycles. The van der Waals surface area contributed by atoms with Crippen LogP contribution in [0.3, 0.4) is 0 Å². The van der Waals surface area contributed by atoms with Gasteiger partial charge in [-0.05, 0) is 96.3 Å². The van der Waals surface area contributed by atoms with Crippen LogP contribution in [0.2, 0.25) is 0 Å². The molecule has 11 heteroatoms. The van der Waals surface area contributed by atoms with Crippen LogP contribution in [-0.2, 0) is 32.7 Å². The number of aliphatic carboxylic acids is 1. The first-order chi connectivity index (χ1) is 27.7.